The normalized spacial score (nSPS) is 16.3. The summed E-state index contributed by atoms with van der Waals surface area (Å²) in [5.41, 5.74) is 1.47. The van der Waals surface area contributed by atoms with Gasteiger partial charge in [-0.05, 0) is 53.7 Å². The van der Waals surface area contributed by atoms with Crippen LogP contribution < -0.4 is 5.32 Å². The molecule has 3 rings (SSSR count). The Kier molecular flexibility index (Phi) is 8.90. The molecule has 0 bridgehead atoms. The van der Waals surface area contributed by atoms with Crippen LogP contribution in [0.4, 0.5) is 8.78 Å². The molecule has 0 aromatic heterocycles. The summed E-state index contributed by atoms with van der Waals surface area (Å²) in [4.78, 5) is 14.4. The average Bonchev–Trinajstić information content (AvgIpc) is 2.76. The lowest BCUT2D eigenvalue weighted by Gasteiger charge is -2.34. The molecule has 1 fully saturated rings. The first-order chi connectivity index (χ1) is 15.6. The molecule has 1 heterocycles. The van der Waals surface area contributed by atoms with Gasteiger partial charge >= 0.3 is 0 Å². The van der Waals surface area contributed by atoms with Crippen LogP contribution in [0.3, 0.4) is 0 Å². The summed E-state index contributed by atoms with van der Waals surface area (Å²) in [7, 11) is 0. The maximum absolute atomic E-state index is 13.4. The van der Waals surface area contributed by atoms with Crippen LogP contribution in [0.2, 0.25) is 0 Å². The van der Waals surface area contributed by atoms with Crippen molar-refractivity contribution in [1.29, 1.82) is 0 Å². The van der Waals surface area contributed by atoms with Gasteiger partial charge in [-0.3, -0.25) is 4.79 Å². The van der Waals surface area contributed by atoms with Crippen molar-refractivity contribution in [2.45, 2.75) is 51.3 Å². The lowest BCUT2D eigenvalue weighted by Crippen LogP contribution is -2.46. The highest BCUT2D eigenvalue weighted by molar-refractivity contribution is 7.91. The van der Waals surface area contributed by atoms with Crippen molar-refractivity contribution in [3.63, 3.8) is 0 Å². The Morgan fingerprint density at radius 1 is 1.03 bits per heavy atom. The zero-order chi connectivity index (χ0) is 24.0. The minimum Gasteiger partial charge on any atom is -0.616 e. The molecule has 1 saturated heterocycles. The van der Waals surface area contributed by atoms with Crippen LogP contribution in [0.5, 0.6) is 0 Å². The fraction of sp³-hybridized carbons (Fsp3) is 0.500. The number of carbonyl (C=O) groups excluding carboxylic acids is 1. The van der Waals surface area contributed by atoms with E-state index in [-0.39, 0.29) is 29.0 Å². The zero-order valence-corrected chi connectivity index (χ0v) is 20.5. The Bertz CT molecular complexity index is 847. The van der Waals surface area contributed by atoms with Gasteiger partial charge in [0.05, 0.1) is 0 Å². The van der Waals surface area contributed by atoms with Crippen molar-refractivity contribution < 1.29 is 18.1 Å². The molecule has 0 spiro atoms. The number of halogens is 2. The first kappa shape index (κ1) is 25.7. The van der Waals surface area contributed by atoms with Crippen LogP contribution in [0.15, 0.2) is 48.5 Å². The van der Waals surface area contributed by atoms with Crippen molar-refractivity contribution in [2.24, 2.45) is 5.41 Å². The molecule has 4 nitrogen and oxygen atoms in total. The Balaban J connectivity index is 1.53. The summed E-state index contributed by atoms with van der Waals surface area (Å²) in [6, 6.07) is 12.3. The quantitative estimate of drug-likeness (QED) is 0.556. The fourth-order valence-corrected chi connectivity index (χ4v) is 5.63. The lowest BCUT2D eigenvalue weighted by molar-refractivity contribution is -0.134. The molecule has 1 atom stereocenters. The number of carbonyl (C=O) groups is 1. The number of likely N-dealkylation sites (tertiary alicyclic amines) is 1. The van der Waals surface area contributed by atoms with Gasteiger partial charge in [-0.2, -0.15) is 0 Å². The van der Waals surface area contributed by atoms with Gasteiger partial charge in [0.2, 0.25) is 5.91 Å². The summed E-state index contributed by atoms with van der Waals surface area (Å²) in [5.74, 6) is -0.0703. The number of hydrogen-bond acceptors (Lipinski definition) is 3. The van der Waals surface area contributed by atoms with Crippen molar-refractivity contribution in [1.82, 2.24) is 10.2 Å². The maximum Gasteiger partial charge on any atom is 0.223 e. The molecule has 7 heteroatoms. The lowest BCUT2D eigenvalue weighted by atomic mass is 9.91. The second-order valence-electron chi connectivity index (χ2n) is 9.91. The van der Waals surface area contributed by atoms with E-state index in [0.29, 0.717) is 18.7 Å². The van der Waals surface area contributed by atoms with Crippen LogP contribution in [-0.2, 0) is 16.0 Å². The molecule has 33 heavy (non-hydrogen) atoms. The molecular weight excluding hydrogens is 442 g/mol. The van der Waals surface area contributed by atoms with E-state index in [1.165, 1.54) is 24.3 Å². The third kappa shape index (κ3) is 7.80. The highest BCUT2D eigenvalue weighted by Gasteiger charge is 2.28. The summed E-state index contributed by atoms with van der Waals surface area (Å²) >= 11 is -1.28. The van der Waals surface area contributed by atoms with Gasteiger partial charge in [0.1, 0.15) is 17.4 Å². The third-order valence-corrected chi connectivity index (χ3v) is 7.55. The molecule has 0 saturated carbocycles. The van der Waals surface area contributed by atoms with Gasteiger partial charge in [0.15, 0.2) is 5.25 Å². The predicted octanol–water partition coefficient (Wildman–Crippen LogP) is 4.82. The predicted molar refractivity (Wildman–Crippen MR) is 129 cm³/mol. The maximum atomic E-state index is 13.4. The first-order valence-electron chi connectivity index (χ1n) is 11.5. The number of amides is 1. The highest BCUT2D eigenvalue weighted by atomic mass is 32.2. The molecule has 2 aromatic rings. The van der Waals surface area contributed by atoms with E-state index < -0.39 is 16.4 Å². The van der Waals surface area contributed by atoms with E-state index in [9.17, 15) is 18.1 Å². The van der Waals surface area contributed by atoms with Gasteiger partial charge in [0, 0.05) is 43.2 Å². The monoisotopic (exact) mass is 476 g/mol. The van der Waals surface area contributed by atoms with Crippen molar-refractivity contribution in [2.75, 3.05) is 25.4 Å². The smallest absolute Gasteiger partial charge is 0.223 e. The Hall–Kier alpha value is -1.96. The first-order valence-corrected chi connectivity index (χ1v) is 12.9. The SMILES string of the molecule is CC(C)(C)CC(=O)N1CCC(NCC[S+]([O-])C(c2ccc(F)cc2)c2ccc(F)cc2)CC1. The number of nitrogens with one attached hydrogen (secondary N) is 1. The van der Waals surface area contributed by atoms with E-state index in [1.807, 2.05) is 4.90 Å². The molecule has 0 radical (unpaired) electrons. The molecule has 180 valence electrons. The summed E-state index contributed by atoms with van der Waals surface area (Å²) < 4.78 is 40.1. The number of rotatable bonds is 8. The van der Waals surface area contributed by atoms with E-state index >= 15 is 0 Å². The molecular formula is C26H34F2N2O2S. The molecule has 1 aliphatic rings. The Morgan fingerprint density at radius 2 is 1.52 bits per heavy atom. The molecule has 1 N–H and O–H groups in total. The fourth-order valence-electron chi connectivity index (χ4n) is 4.15. The number of benzene rings is 2. The minimum atomic E-state index is -1.28. The van der Waals surface area contributed by atoms with Crippen molar-refractivity contribution in [3.05, 3.63) is 71.3 Å². The average molecular weight is 477 g/mol. The van der Waals surface area contributed by atoms with Gasteiger partial charge in [-0.1, -0.05) is 45.0 Å². The highest BCUT2D eigenvalue weighted by Crippen LogP contribution is 2.31. The van der Waals surface area contributed by atoms with Gasteiger partial charge in [0.25, 0.3) is 0 Å². The van der Waals surface area contributed by atoms with Crippen LogP contribution in [0.1, 0.15) is 56.4 Å². The van der Waals surface area contributed by atoms with Crippen molar-refractivity contribution >= 4 is 17.1 Å². The zero-order valence-electron chi connectivity index (χ0n) is 19.7. The van der Waals surface area contributed by atoms with Crippen LogP contribution >= 0.6 is 0 Å². The second-order valence-corrected chi connectivity index (χ2v) is 11.6. The molecule has 0 aliphatic carbocycles. The second kappa shape index (κ2) is 11.4. The van der Waals surface area contributed by atoms with Crippen molar-refractivity contribution in [3.8, 4) is 0 Å². The summed E-state index contributed by atoms with van der Waals surface area (Å²) in [5, 5.41) is 3.03. The van der Waals surface area contributed by atoms with Crippen LogP contribution in [0.25, 0.3) is 0 Å². The van der Waals surface area contributed by atoms with E-state index in [1.54, 1.807) is 24.3 Å². The summed E-state index contributed by atoms with van der Waals surface area (Å²) in [6.45, 7) is 8.28. The Morgan fingerprint density at radius 3 is 1.97 bits per heavy atom. The van der Waals surface area contributed by atoms with Crippen LogP contribution in [-0.4, -0.2) is 46.8 Å². The molecule has 2 aromatic carbocycles. The van der Waals surface area contributed by atoms with E-state index in [0.717, 1.165) is 37.1 Å². The van der Waals surface area contributed by atoms with Gasteiger partial charge in [-0.25, -0.2) is 8.78 Å². The van der Waals surface area contributed by atoms with E-state index in [4.69, 9.17) is 0 Å². The topological polar surface area (TPSA) is 55.4 Å². The van der Waals surface area contributed by atoms with E-state index in [2.05, 4.69) is 26.1 Å². The number of nitrogens with zero attached hydrogens (tertiary/aromatic N) is 1. The van der Waals surface area contributed by atoms with Gasteiger partial charge < -0.3 is 14.8 Å². The molecule has 1 unspecified atom stereocenters. The van der Waals surface area contributed by atoms with Crippen LogP contribution in [0, 0.1) is 17.0 Å². The molecule has 1 amide bonds. The number of piperidine rings is 1. The standard InChI is InChI=1S/C26H34F2N2O2S/c1-26(2,3)18-24(31)30-15-12-23(13-16-30)29-14-17-33(32)25(19-4-8-21(27)9-5-19)20-6-10-22(28)11-7-20/h4-11,23,25,29H,12-18H2,1-3H3. The third-order valence-electron chi connectivity index (χ3n) is 5.87. The Labute approximate surface area is 198 Å². The number of hydrogen-bond donors (Lipinski definition) is 1. The minimum absolute atomic E-state index is 0.0121. The molecule has 1 aliphatic heterocycles. The van der Waals surface area contributed by atoms with Gasteiger partial charge in [-0.15, -0.1) is 0 Å². The largest absolute Gasteiger partial charge is 0.616 e. The summed E-state index contributed by atoms with van der Waals surface area (Å²) in [6.07, 6.45) is 2.31.